The van der Waals surface area contributed by atoms with Crippen LogP contribution in [0, 0.1) is 5.82 Å². The van der Waals surface area contributed by atoms with Gasteiger partial charge in [-0.25, -0.2) is 4.39 Å². The number of nitrogens with zero attached hydrogens (tertiary/aromatic N) is 1. The van der Waals surface area contributed by atoms with E-state index in [1.165, 1.54) is 6.07 Å². The maximum atomic E-state index is 13.9. The summed E-state index contributed by atoms with van der Waals surface area (Å²) in [4.78, 5) is 15.1. The maximum Gasteiger partial charge on any atom is 0.237 e. The quantitative estimate of drug-likeness (QED) is 0.560. The number of halogens is 1. The van der Waals surface area contributed by atoms with Crippen molar-refractivity contribution in [2.75, 3.05) is 13.7 Å². The maximum absolute atomic E-state index is 13.9. The summed E-state index contributed by atoms with van der Waals surface area (Å²) in [7, 11) is 1.68. The van der Waals surface area contributed by atoms with E-state index >= 15 is 0 Å². The number of carbonyl (C=O) groups excluding carboxylic acids is 1. The van der Waals surface area contributed by atoms with Crippen molar-refractivity contribution in [3.05, 3.63) is 89.7 Å². The molecule has 3 aromatic carbocycles. The molecule has 1 unspecified atom stereocenters. The average Bonchev–Trinajstić information content (AvgIpc) is 2.84. The number of piperidine rings is 1. The lowest BCUT2D eigenvalue weighted by Gasteiger charge is -2.34. The van der Waals surface area contributed by atoms with Gasteiger partial charge < -0.3 is 10.1 Å². The minimum atomic E-state index is -0.288. The van der Waals surface area contributed by atoms with Gasteiger partial charge in [-0.15, -0.1) is 0 Å². The molecule has 0 radical (unpaired) electrons. The van der Waals surface area contributed by atoms with E-state index in [2.05, 4.69) is 40.5 Å². The number of hydrogen-bond acceptors (Lipinski definition) is 3. The molecule has 4 rings (SSSR count). The van der Waals surface area contributed by atoms with Gasteiger partial charge in [-0.1, -0.05) is 67.1 Å². The average molecular weight is 433 g/mol. The van der Waals surface area contributed by atoms with Gasteiger partial charge in [0.25, 0.3) is 0 Å². The second-order valence-corrected chi connectivity index (χ2v) is 8.19. The first-order valence-electron chi connectivity index (χ1n) is 11.1. The summed E-state index contributed by atoms with van der Waals surface area (Å²) in [5.41, 5.74) is 3.83. The Morgan fingerprint density at radius 2 is 1.78 bits per heavy atom. The number of amides is 1. The van der Waals surface area contributed by atoms with Crippen LogP contribution in [0.3, 0.4) is 0 Å². The van der Waals surface area contributed by atoms with Crippen LogP contribution in [0.1, 0.15) is 30.4 Å². The number of benzene rings is 3. The van der Waals surface area contributed by atoms with Crippen molar-refractivity contribution in [1.29, 1.82) is 0 Å². The smallest absolute Gasteiger partial charge is 0.237 e. The third-order valence-corrected chi connectivity index (χ3v) is 6.08. The summed E-state index contributed by atoms with van der Waals surface area (Å²) in [6, 6.07) is 22.8. The van der Waals surface area contributed by atoms with E-state index in [9.17, 15) is 9.18 Å². The van der Waals surface area contributed by atoms with Crippen molar-refractivity contribution < 1.29 is 13.9 Å². The van der Waals surface area contributed by atoms with Crippen molar-refractivity contribution in [3.8, 4) is 16.9 Å². The Hall–Kier alpha value is -3.18. The molecular formula is C27H29FN2O2. The number of para-hydroxylation sites is 1. The molecule has 32 heavy (non-hydrogen) atoms. The molecular weight excluding hydrogens is 403 g/mol. The van der Waals surface area contributed by atoms with Gasteiger partial charge in [-0.3, -0.25) is 9.69 Å². The monoisotopic (exact) mass is 432 g/mol. The summed E-state index contributed by atoms with van der Waals surface area (Å²) in [5, 5.41) is 2.93. The molecule has 1 aliphatic heterocycles. The van der Waals surface area contributed by atoms with Crippen molar-refractivity contribution in [2.45, 2.75) is 38.4 Å². The summed E-state index contributed by atoms with van der Waals surface area (Å²) in [6.45, 7) is 1.81. The van der Waals surface area contributed by atoms with Crippen molar-refractivity contribution in [1.82, 2.24) is 10.2 Å². The van der Waals surface area contributed by atoms with Gasteiger partial charge in [-0.2, -0.15) is 0 Å². The highest BCUT2D eigenvalue weighted by Gasteiger charge is 2.28. The third-order valence-electron chi connectivity index (χ3n) is 6.08. The molecule has 1 aliphatic rings. The Morgan fingerprint density at radius 1 is 1.03 bits per heavy atom. The van der Waals surface area contributed by atoms with Gasteiger partial charge in [0.1, 0.15) is 11.6 Å². The highest BCUT2D eigenvalue weighted by molar-refractivity contribution is 5.81. The minimum absolute atomic E-state index is 0.0291. The molecule has 1 heterocycles. The summed E-state index contributed by atoms with van der Waals surface area (Å²) in [5.74, 6) is 0.532. The summed E-state index contributed by atoms with van der Waals surface area (Å²) >= 11 is 0. The number of methoxy groups -OCH3 is 1. The Labute approximate surface area is 189 Å². The van der Waals surface area contributed by atoms with Gasteiger partial charge in [0.15, 0.2) is 0 Å². The van der Waals surface area contributed by atoms with Crippen LogP contribution in [0.5, 0.6) is 5.75 Å². The Bertz CT molecular complexity index is 1050. The molecule has 5 heteroatoms. The second-order valence-electron chi connectivity index (χ2n) is 8.19. The fourth-order valence-electron chi connectivity index (χ4n) is 4.33. The molecule has 1 saturated heterocycles. The van der Waals surface area contributed by atoms with Crippen LogP contribution in [0.4, 0.5) is 4.39 Å². The first kappa shape index (κ1) is 22.0. The minimum Gasteiger partial charge on any atom is -0.496 e. The summed E-state index contributed by atoms with van der Waals surface area (Å²) < 4.78 is 19.4. The molecule has 3 aromatic rings. The SMILES string of the molecule is COc1ccccc1-c1ccc(CN2CCCCC2C(=O)NCc2ccccc2F)cc1. The zero-order valence-electron chi connectivity index (χ0n) is 18.4. The van der Waals surface area contributed by atoms with E-state index < -0.39 is 0 Å². The molecule has 1 N–H and O–H groups in total. The lowest BCUT2D eigenvalue weighted by atomic mass is 9.99. The number of hydrogen-bond donors (Lipinski definition) is 1. The van der Waals surface area contributed by atoms with E-state index in [4.69, 9.17) is 4.74 Å². The molecule has 0 aliphatic carbocycles. The predicted octanol–water partition coefficient (Wildman–Crippen LogP) is 5.17. The number of rotatable bonds is 7. The van der Waals surface area contributed by atoms with E-state index in [1.807, 2.05) is 18.2 Å². The number of carbonyl (C=O) groups is 1. The predicted molar refractivity (Wildman–Crippen MR) is 125 cm³/mol. The molecule has 0 aromatic heterocycles. The standard InChI is InChI=1S/C27H29FN2O2/c1-32-26-12-5-3-9-23(26)21-15-13-20(14-16-21)19-30-17-7-6-11-25(30)27(31)29-18-22-8-2-4-10-24(22)28/h2-5,8-10,12-16,25H,6-7,11,17-19H2,1H3,(H,29,31). The van der Waals surface area contributed by atoms with E-state index in [1.54, 1.807) is 25.3 Å². The van der Waals surface area contributed by atoms with Crippen LogP contribution in [-0.2, 0) is 17.9 Å². The van der Waals surface area contributed by atoms with E-state index in [-0.39, 0.29) is 24.3 Å². The van der Waals surface area contributed by atoms with Crippen LogP contribution >= 0.6 is 0 Å². The molecule has 1 fully saturated rings. The number of ether oxygens (including phenoxy) is 1. The van der Waals surface area contributed by atoms with E-state index in [0.29, 0.717) is 12.1 Å². The van der Waals surface area contributed by atoms with Crippen LogP contribution in [0.2, 0.25) is 0 Å². The zero-order chi connectivity index (χ0) is 22.3. The molecule has 0 spiro atoms. The largest absolute Gasteiger partial charge is 0.496 e. The number of likely N-dealkylation sites (tertiary alicyclic amines) is 1. The highest BCUT2D eigenvalue weighted by atomic mass is 19.1. The Kier molecular flexibility index (Phi) is 7.17. The Morgan fingerprint density at radius 3 is 2.56 bits per heavy atom. The van der Waals surface area contributed by atoms with Gasteiger partial charge >= 0.3 is 0 Å². The van der Waals surface area contributed by atoms with Gasteiger partial charge in [-0.05, 0) is 42.6 Å². The van der Waals surface area contributed by atoms with Crippen LogP contribution in [-0.4, -0.2) is 30.5 Å². The van der Waals surface area contributed by atoms with Crippen LogP contribution in [0.15, 0.2) is 72.8 Å². The molecule has 1 amide bonds. The van der Waals surface area contributed by atoms with Gasteiger partial charge in [0, 0.05) is 24.2 Å². The van der Waals surface area contributed by atoms with Crippen LogP contribution < -0.4 is 10.1 Å². The summed E-state index contributed by atoms with van der Waals surface area (Å²) in [6.07, 6.45) is 2.93. The Balaban J connectivity index is 1.41. The normalized spacial score (nSPS) is 16.5. The third kappa shape index (κ3) is 5.17. The van der Waals surface area contributed by atoms with Crippen LogP contribution in [0.25, 0.3) is 11.1 Å². The van der Waals surface area contributed by atoms with Gasteiger partial charge in [0.2, 0.25) is 5.91 Å². The van der Waals surface area contributed by atoms with Crippen molar-refractivity contribution in [3.63, 3.8) is 0 Å². The second kappa shape index (κ2) is 10.4. The topological polar surface area (TPSA) is 41.6 Å². The van der Waals surface area contributed by atoms with Gasteiger partial charge in [0.05, 0.1) is 13.2 Å². The lowest BCUT2D eigenvalue weighted by Crippen LogP contribution is -2.48. The van der Waals surface area contributed by atoms with Crippen molar-refractivity contribution in [2.24, 2.45) is 0 Å². The number of nitrogens with one attached hydrogen (secondary N) is 1. The molecule has 4 nitrogen and oxygen atoms in total. The van der Waals surface area contributed by atoms with E-state index in [0.717, 1.165) is 48.2 Å². The highest BCUT2D eigenvalue weighted by Crippen LogP contribution is 2.30. The first-order chi connectivity index (χ1) is 15.7. The fourth-order valence-corrected chi connectivity index (χ4v) is 4.33. The molecule has 1 atom stereocenters. The lowest BCUT2D eigenvalue weighted by molar-refractivity contribution is -0.128. The molecule has 0 saturated carbocycles. The zero-order valence-corrected chi connectivity index (χ0v) is 18.4. The molecule has 166 valence electrons. The molecule has 0 bridgehead atoms. The first-order valence-corrected chi connectivity index (χ1v) is 11.1. The van der Waals surface area contributed by atoms with Crippen molar-refractivity contribution >= 4 is 5.91 Å². The fraction of sp³-hybridized carbons (Fsp3) is 0.296.